The smallest absolute Gasteiger partial charge is 0.410 e. The van der Waals surface area contributed by atoms with Crippen molar-refractivity contribution < 1.29 is 14.3 Å². The summed E-state index contributed by atoms with van der Waals surface area (Å²) in [4.78, 5) is 27.6. The number of nitrogens with zero attached hydrogens (tertiary/aromatic N) is 2. The summed E-state index contributed by atoms with van der Waals surface area (Å²) in [5.41, 5.74) is 5.14. The molecule has 1 rings (SSSR count). The molecule has 122 valence electrons. The Morgan fingerprint density at radius 2 is 1.86 bits per heavy atom. The lowest BCUT2D eigenvalue weighted by molar-refractivity contribution is -0.133. The maximum atomic E-state index is 12.2. The molecular formula is C15H29N3O3. The molecule has 0 bridgehead atoms. The number of hydrogen-bond acceptors (Lipinski definition) is 4. The summed E-state index contributed by atoms with van der Waals surface area (Å²) < 4.78 is 5.44. The van der Waals surface area contributed by atoms with Gasteiger partial charge in [0.2, 0.25) is 5.91 Å². The lowest BCUT2D eigenvalue weighted by Gasteiger charge is -2.39. The van der Waals surface area contributed by atoms with Crippen molar-refractivity contribution in [3.8, 4) is 0 Å². The molecule has 1 unspecified atom stereocenters. The van der Waals surface area contributed by atoms with Gasteiger partial charge in [-0.2, -0.15) is 0 Å². The summed E-state index contributed by atoms with van der Waals surface area (Å²) in [7, 11) is 0. The highest BCUT2D eigenvalue weighted by molar-refractivity contribution is 5.81. The molecule has 0 spiro atoms. The number of amides is 2. The van der Waals surface area contributed by atoms with Gasteiger partial charge in [0.25, 0.3) is 0 Å². The summed E-state index contributed by atoms with van der Waals surface area (Å²) in [6.07, 6.45) is 1.26. The second-order valence-corrected chi connectivity index (χ2v) is 6.61. The Labute approximate surface area is 127 Å². The number of piperidine rings is 1. The molecule has 6 nitrogen and oxygen atoms in total. The molecule has 21 heavy (non-hydrogen) atoms. The van der Waals surface area contributed by atoms with Crippen molar-refractivity contribution in [3.05, 3.63) is 0 Å². The molecule has 6 heteroatoms. The molecule has 0 saturated carbocycles. The van der Waals surface area contributed by atoms with Crippen LogP contribution in [-0.4, -0.2) is 59.1 Å². The fourth-order valence-electron chi connectivity index (χ4n) is 2.54. The zero-order valence-electron chi connectivity index (χ0n) is 13.9. The molecule has 1 atom stereocenters. The van der Waals surface area contributed by atoms with Crippen LogP contribution in [0.2, 0.25) is 0 Å². The van der Waals surface area contributed by atoms with Gasteiger partial charge in [0, 0.05) is 25.7 Å². The molecule has 1 heterocycles. The Morgan fingerprint density at radius 1 is 1.33 bits per heavy atom. The summed E-state index contributed by atoms with van der Waals surface area (Å²) in [6, 6.07) is -0.336. The zero-order chi connectivity index (χ0) is 16.2. The van der Waals surface area contributed by atoms with Crippen molar-refractivity contribution in [1.29, 1.82) is 0 Å². The van der Waals surface area contributed by atoms with Gasteiger partial charge in [-0.1, -0.05) is 0 Å². The fraction of sp³-hybridized carbons (Fsp3) is 0.867. The predicted molar refractivity (Wildman–Crippen MR) is 81.9 cm³/mol. The maximum Gasteiger partial charge on any atom is 0.410 e. The van der Waals surface area contributed by atoms with Crippen LogP contribution in [0, 0.1) is 0 Å². The number of rotatable bonds is 3. The molecule has 0 aromatic heterocycles. The number of carbonyl (C=O) groups excluding carboxylic acids is 2. The Balaban J connectivity index is 2.58. The molecular weight excluding hydrogens is 270 g/mol. The third-order valence-corrected chi connectivity index (χ3v) is 3.58. The minimum Gasteiger partial charge on any atom is -0.444 e. The quantitative estimate of drug-likeness (QED) is 0.858. The third kappa shape index (κ3) is 5.19. The molecule has 0 aromatic rings. The molecule has 1 aliphatic rings. The molecule has 1 fully saturated rings. The number of ether oxygens (including phenoxy) is 1. The van der Waals surface area contributed by atoms with Crippen LogP contribution >= 0.6 is 0 Å². The highest BCUT2D eigenvalue weighted by atomic mass is 16.6. The van der Waals surface area contributed by atoms with Crippen LogP contribution in [0.5, 0.6) is 0 Å². The second kappa shape index (κ2) is 7.11. The second-order valence-electron chi connectivity index (χ2n) is 6.61. The van der Waals surface area contributed by atoms with E-state index >= 15 is 0 Å². The van der Waals surface area contributed by atoms with Crippen LogP contribution in [-0.2, 0) is 9.53 Å². The monoisotopic (exact) mass is 299 g/mol. The zero-order valence-corrected chi connectivity index (χ0v) is 13.9. The van der Waals surface area contributed by atoms with E-state index in [0.29, 0.717) is 19.6 Å². The summed E-state index contributed by atoms with van der Waals surface area (Å²) >= 11 is 0. The third-order valence-electron chi connectivity index (χ3n) is 3.58. The average molecular weight is 299 g/mol. The number of carbonyl (C=O) groups is 2. The first-order valence-electron chi connectivity index (χ1n) is 7.69. The van der Waals surface area contributed by atoms with Gasteiger partial charge in [-0.25, -0.2) is 4.79 Å². The van der Waals surface area contributed by atoms with E-state index in [1.165, 1.54) is 0 Å². The van der Waals surface area contributed by atoms with Gasteiger partial charge in [-0.15, -0.1) is 0 Å². The average Bonchev–Trinajstić information content (AvgIpc) is 2.37. The molecule has 0 aromatic carbocycles. The summed E-state index contributed by atoms with van der Waals surface area (Å²) in [5, 5.41) is 0. The molecule has 0 radical (unpaired) electrons. The number of likely N-dealkylation sites (tertiary alicyclic amines) is 1. The van der Waals surface area contributed by atoms with E-state index in [4.69, 9.17) is 10.5 Å². The molecule has 0 aliphatic carbocycles. The first-order valence-corrected chi connectivity index (χ1v) is 7.69. The van der Waals surface area contributed by atoms with Crippen molar-refractivity contribution in [1.82, 2.24) is 9.80 Å². The Kier molecular flexibility index (Phi) is 6.01. The lowest BCUT2D eigenvalue weighted by atomic mass is 10.0. The first-order chi connectivity index (χ1) is 9.65. The topological polar surface area (TPSA) is 75.9 Å². The van der Waals surface area contributed by atoms with E-state index in [1.54, 1.807) is 16.7 Å². The lowest BCUT2D eigenvalue weighted by Crippen LogP contribution is -2.52. The van der Waals surface area contributed by atoms with Gasteiger partial charge >= 0.3 is 6.09 Å². The van der Waals surface area contributed by atoms with Crippen LogP contribution < -0.4 is 5.73 Å². The van der Waals surface area contributed by atoms with Crippen LogP contribution in [0.4, 0.5) is 4.79 Å². The van der Waals surface area contributed by atoms with E-state index < -0.39 is 11.6 Å². The molecule has 2 amide bonds. The van der Waals surface area contributed by atoms with Crippen molar-refractivity contribution >= 4 is 12.0 Å². The summed E-state index contributed by atoms with van der Waals surface area (Å²) in [6.45, 7) is 11.1. The minimum absolute atomic E-state index is 0.0197. The van der Waals surface area contributed by atoms with E-state index in [-0.39, 0.29) is 18.0 Å². The predicted octanol–water partition coefficient (Wildman–Crippen LogP) is 1.58. The Bertz CT molecular complexity index is 369. The maximum absolute atomic E-state index is 12.2. The van der Waals surface area contributed by atoms with E-state index in [1.807, 2.05) is 27.7 Å². The van der Waals surface area contributed by atoms with Gasteiger partial charge in [-0.3, -0.25) is 4.79 Å². The Morgan fingerprint density at radius 3 is 2.24 bits per heavy atom. The van der Waals surface area contributed by atoms with E-state index in [9.17, 15) is 9.59 Å². The van der Waals surface area contributed by atoms with Gasteiger partial charge in [0.05, 0.1) is 6.04 Å². The van der Waals surface area contributed by atoms with Crippen LogP contribution in [0.3, 0.4) is 0 Å². The molecule has 1 aliphatic heterocycles. The highest BCUT2D eigenvalue weighted by Gasteiger charge is 2.31. The van der Waals surface area contributed by atoms with Gasteiger partial charge in [-0.05, 0) is 47.5 Å². The fourth-order valence-corrected chi connectivity index (χ4v) is 2.54. The van der Waals surface area contributed by atoms with Crippen molar-refractivity contribution in [2.24, 2.45) is 5.73 Å². The van der Waals surface area contributed by atoms with Gasteiger partial charge < -0.3 is 20.3 Å². The van der Waals surface area contributed by atoms with Crippen LogP contribution in [0.25, 0.3) is 0 Å². The summed E-state index contributed by atoms with van der Waals surface area (Å²) in [5.74, 6) is -0.0197. The normalized spacial score (nSPS) is 18.3. The van der Waals surface area contributed by atoms with Crippen molar-refractivity contribution in [2.75, 3.05) is 19.6 Å². The highest BCUT2D eigenvalue weighted by Crippen LogP contribution is 2.20. The molecule has 2 N–H and O–H groups in total. The van der Waals surface area contributed by atoms with E-state index in [0.717, 1.165) is 12.8 Å². The number of hydrogen-bond donors (Lipinski definition) is 1. The van der Waals surface area contributed by atoms with Crippen LogP contribution in [0.1, 0.15) is 47.5 Å². The number of nitrogens with two attached hydrogens (primary N) is 1. The van der Waals surface area contributed by atoms with Gasteiger partial charge in [0.1, 0.15) is 5.60 Å². The SMILES string of the molecule is CCN(C(=O)OC(C)(C)C)C1CCN(C(=O)C(C)N)CC1. The van der Waals surface area contributed by atoms with Crippen molar-refractivity contribution in [2.45, 2.75) is 65.1 Å². The van der Waals surface area contributed by atoms with Crippen LogP contribution in [0.15, 0.2) is 0 Å². The standard InChI is InChI=1S/C15H29N3O3/c1-6-18(14(20)21-15(3,4)5)12-7-9-17(10-8-12)13(19)11(2)16/h11-12H,6-10,16H2,1-5H3. The van der Waals surface area contributed by atoms with E-state index in [2.05, 4.69) is 0 Å². The van der Waals surface area contributed by atoms with Crippen molar-refractivity contribution in [3.63, 3.8) is 0 Å². The molecule has 1 saturated heterocycles. The van der Waals surface area contributed by atoms with Gasteiger partial charge in [0.15, 0.2) is 0 Å². The Hall–Kier alpha value is -1.30. The minimum atomic E-state index is -0.490. The first kappa shape index (κ1) is 17.8. The largest absolute Gasteiger partial charge is 0.444 e.